The second kappa shape index (κ2) is 7.12. The van der Waals surface area contributed by atoms with Gasteiger partial charge in [-0.2, -0.15) is 0 Å². The monoisotopic (exact) mass is 346 g/mol. The summed E-state index contributed by atoms with van der Waals surface area (Å²) in [5.41, 5.74) is 4.10. The van der Waals surface area contributed by atoms with Gasteiger partial charge in [-0.05, 0) is 44.0 Å². The Kier molecular flexibility index (Phi) is 4.52. The number of aryl methyl sites for hydroxylation is 1. The lowest BCUT2D eigenvalue weighted by atomic mass is 9.97. The molecule has 4 rings (SSSR count). The van der Waals surface area contributed by atoms with Crippen molar-refractivity contribution in [2.75, 3.05) is 18.5 Å². The number of rotatable bonds is 4. The average molecular weight is 346 g/mol. The van der Waals surface area contributed by atoms with Crippen LogP contribution in [0.25, 0.3) is 11.5 Å². The molecule has 0 amide bonds. The second-order valence-electron chi connectivity index (χ2n) is 6.69. The Morgan fingerprint density at radius 1 is 1.08 bits per heavy atom. The number of ether oxygens (including phenoxy) is 1. The van der Waals surface area contributed by atoms with Gasteiger partial charge in [-0.25, -0.2) is 9.97 Å². The molecule has 1 aromatic carbocycles. The van der Waals surface area contributed by atoms with E-state index in [2.05, 4.69) is 27.4 Å². The first kappa shape index (κ1) is 16.5. The summed E-state index contributed by atoms with van der Waals surface area (Å²) in [6.45, 7) is 5.59. The third-order valence-corrected chi connectivity index (χ3v) is 4.80. The summed E-state index contributed by atoms with van der Waals surface area (Å²) in [5, 5.41) is 3.51. The van der Waals surface area contributed by atoms with Crippen LogP contribution in [0.1, 0.15) is 16.8 Å². The Labute approximate surface area is 153 Å². The first-order valence-electron chi connectivity index (χ1n) is 8.92. The SMILES string of the molecule is Cc1nc(-c2ccccn2)nc(NCC2COc3ccccc3C2)c1C. The lowest BCUT2D eigenvalue weighted by Gasteiger charge is -2.26. The topological polar surface area (TPSA) is 59.9 Å². The molecule has 26 heavy (non-hydrogen) atoms. The number of benzene rings is 1. The Bertz CT molecular complexity index is 911. The quantitative estimate of drug-likeness (QED) is 0.778. The van der Waals surface area contributed by atoms with Gasteiger partial charge in [0.1, 0.15) is 17.3 Å². The number of nitrogens with one attached hydrogen (secondary N) is 1. The lowest BCUT2D eigenvalue weighted by molar-refractivity contribution is 0.229. The second-order valence-corrected chi connectivity index (χ2v) is 6.69. The maximum Gasteiger partial charge on any atom is 0.180 e. The molecule has 1 unspecified atom stereocenters. The number of nitrogens with zero attached hydrogens (tertiary/aromatic N) is 3. The van der Waals surface area contributed by atoms with Crippen LogP contribution < -0.4 is 10.1 Å². The predicted octanol–water partition coefficient (Wildman–Crippen LogP) is 3.82. The van der Waals surface area contributed by atoms with E-state index >= 15 is 0 Å². The third kappa shape index (κ3) is 3.38. The van der Waals surface area contributed by atoms with E-state index in [0.717, 1.165) is 48.1 Å². The normalized spacial score (nSPS) is 15.8. The van der Waals surface area contributed by atoms with Crippen LogP contribution in [0.2, 0.25) is 0 Å². The van der Waals surface area contributed by atoms with Gasteiger partial charge in [-0.3, -0.25) is 4.98 Å². The van der Waals surface area contributed by atoms with Crippen molar-refractivity contribution in [1.29, 1.82) is 0 Å². The van der Waals surface area contributed by atoms with Gasteiger partial charge < -0.3 is 10.1 Å². The predicted molar refractivity (Wildman–Crippen MR) is 102 cm³/mol. The number of hydrogen-bond acceptors (Lipinski definition) is 5. The number of pyridine rings is 1. The van der Waals surface area contributed by atoms with Gasteiger partial charge in [0.05, 0.1) is 6.61 Å². The van der Waals surface area contributed by atoms with Gasteiger partial charge in [0.15, 0.2) is 5.82 Å². The van der Waals surface area contributed by atoms with Crippen LogP contribution in [0.5, 0.6) is 5.75 Å². The van der Waals surface area contributed by atoms with E-state index in [0.29, 0.717) is 11.7 Å². The molecular formula is C21H22N4O. The van der Waals surface area contributed by atoms with Gasteiger partial charge in [-0.15, -0.1) is 0 Å². The summed E-state index contributed by atoms with van der Waals surface area (Å²) in [6, 6.07) is 14.0. The molecule has 3 heterocycles. The van der Waals surface area contributed by atoms with E-state index in [-0.39, 0.29) is 0 Å². The van der Waals surface area contributed by atoms with Crippen molar-refractivity contribution in [3.05, 3.63) is 65.5 Å². The van der Waals surface area contributed by atoms with Gasteiger partial charge >= 0.3 is 0 Å². The van der Waals surface area contributed by atoms with Gasteiger partial charge in [0.25, 0.3) is 0 Å². The molecule has 1 aliphatic rings. The van der Waals surface area contributed by atoms with Crippen molar-refractivity contribution in [3.63, 3.8) is 0 Å². The van der Waals surface area contributed by atoms with E-state index in [1.807, 2.05) is 44.2 Å². The smallest absolute Gasteiger partial charge is 0.180 e. The fourth-order valence-corrected chi connectivity index (χ4v) is 3.17. The van der Waals surface area contributed by atoms with Crippen LogP contribution in [-0.4, -0.2) is 28.1 Å². The Morgan fingerprint density at radius 2 is 1.92 bits per heavy atom. The zero-order chi connectivity index (χ0) is 17.9. The highest BCUT2D eigenvalue weighted by molar-refractivity contribution is 5.56. The van der Waals surface area contributed by atoms with E-state index < -0.39 is 0 Å². The molecule has 0 saturated carbocycles. The first-order chi connectivity index (χ1) is 12.7. The van der Waals surface area contributed by atoms with Crippen LogP contribution >= 0.6 is 0 Å². The largest absolute Gasteiger partial charge is 0.493 e. The van der Waals surface area contributed by atoms with E-state index in [1.54, 1.807) is 6.20 Å². The van der Waals surface area contributed by atoms with E-state index in [4.69, 9.17) is 9.72 Å². The van der Waals surface area contributed by atoms with Crippen molar-refractivity contribution in [2.45, 2.75) is 20.3 Å². The molecule has 1 aliphatic heterocycles. The molecule has 3 aromatic rings. The molecule has 1 N–H and O–H groups in total. The van der Waals surface area contributed by atoms with Gasteiger partial charge in [0, 0.05) is 29.9 Å². The number of anilines is 1. The summed E-state index contributed by atoms with van der Waals surface area (Å²) in [5.74, 6) is 2.95. The van der Waals surface area contributed by atoms with Crippen LogP contribution in [0.4, 0.5) is 5.82 Å². The fraction of sp³-hybridized carbons (Fsp3) is 0.286. The molecule has 0 spiro atoms. The van der Waals surface area contributed by atoms with Crippen molar-refractivity contribution >= 4 is 5.82 Å². The molecule has 0 radical (unpaired) electrons. The standard InChI is InChI=1S/C21H22N4O/c1-14-15(2)24-21(18-8-5-6-10-22-18)25-20(14)23-12-16-11-17-7-3-4-9-19(17)26-13-16/h3-10,16H,11-13H2,1-2H3,(H,23,24,25). The summed E-state index contributed by atoms with van der Waals surface area (Å²) in [4.78, 5) is 13.7. The minimum absolute atomic E-state index is 0.415. The van der Waals surface area contributed by atoms with Crippen LogP contribution in [0.15, 0.2) is 48.7 Å². The minimum Gasteiger partial charge on any atom is -0.493 e. The van der Waals surface area contributed by atoms with Gasteiger partial charge in [0.2, 0.25) is 0 Å². The molecular weight excluding hydrogens is 324 g/mol. The van der Waals surface area contributed by atoms with Crippen LogP contribution in [-0.2, 0) is 6.42 Å². The zero-order valence-corrected chi connectivity index (χ0v) is 15.1. The summed E-state index contributed by atoms with van der Waals surface area (Å²) in [6.07, 6.45) is 2.77. The maximum atomic E-state index is 5.89. The number of hydrogen-bond donors (Lipinski definition) is 1. The number of para-hydroxylation sites is 1. The Balaban J connectivity index is 1.51. The highest BCUT2D eigenvalue weighted by Crippen LogP contribution is 2.27. The molecule has 0 fully saturated rings. The summed E-state index contributed by atoms with van der Waals surface area (Å²) in [7, 11) is 0. The zero-order valence-electron chi connectivity index (χ0n) is 15.1. The summed E-state index contributed by atoms with van der Waals surface area (Å²) >= 11 is 0. The Hall–Kier alpha value is -2.95. The molecule has 5 heteroatoms. The Morgan fingerprint density at radius 3 is 2.77 bits per heavy atom. The van der Waals surface area contributed by atoms with Crippen molar-refractivity contribution in [2.24, 2.45) is 5.92 Å². The summed E-state index contributed by atoms with van der Waals surface area (Å²) < 4.78 is 5.89. The maximum absolute atomic E-state index is 5.89. The average Bonchev–Trinajstić information content (AvgIpc) is 2.69. The van der Waals surface area contributed by atoms with Gasteiger partial charge in [-0.1, -0.05) is 24.3 Å². The molecule has 0 saturated heterocycles. The number of fused-ring (bicyclic) bond motifs is 1. The highest BCUT2D eigenvalue weighted by atomic mass is 16.5. The van der Waals surface area contributed by atoms with Crippen molar-refractivity contribution in [3.8, 4) is 17.3 Å². The number of aromatic nitrogens is 3. The molecule has 1 atom stereocenters. The van der Waals surface area contributed by atoms with Crippen LogP contribution in [0, 0.1) is 19.8 Å². The fourth-order valence-electron chi connectivity index (χ4n) is 3.17. The molecule has 5 nitrogen and oxygen atoms in total. The molecule has 2 aromatic heterocycles. The highest BCUT2D eigenvalue weighted by Gasteiger charge is 2.20. The van der Waals surface area contributed by atoms with Crippen molar-refractivity contribution < 1.29 is 4.74 Å². The molecule has 132 valence electrons. The van der Waals surface area contributed by atoms with E-state index in [1.165, 1.54) is 5.56 Å². The third-order valence-electron chi connectivity index (χ3n) is 4.80. The van der Waals surface area contributed by atoms with Crippen molar-refractivity contribution in [1.82, 2.24) is 15.0 Å². The lowest BCUT2D eigenvalue weighted by Crippen LogP contribution is -2.27. The molecule has 0 aliphatic carbocycles. The first-order valence-corrected chi connectivity index (χ1v) is 8.92. The molecule has 0 bridgehead atoms. The van der Waals surface area contributed by atoms with E-state index in [9.17, 15) is 0 Å². The van der Waals surface area contributed by atoms with Crippen LogP contribution in [0.3, 0.4) is 0 Å². The minimum atomic E-state index is 0.415.